The highest BCUT2D eigenvalue weighted by Crippen LogP contribution is 2.32. The molecule has 1 saturated carbocycles. The van der Waals surface area contributed by atoms with Gasteiger partial charge in [0.1, 0.15) is 0 Å². The molecule has 0 aromatic heterocycles. The molecule has 0 spiro atoms. The molecule has 0 heterocycles. The summed E-state index contributed by atoms with van der Waals surface area (Å²) in [6.07, 6.45) is 5.86. The fourth-order valence-corrected chi connectivity index (χ4v) is 2.15. The molecule has 66 valence electrons. The second-order valence-corrected chi connectivity index (χ2v) is 3.98. The van der Waals surface area contributed by atoms with Gasteiger partial charge in [0.25, 0.3) is 0 Å². The Morgan fingerprint density at radius 2 is 1.73 bits per heavy atom. The van der Waals surface area contributed by atoms with Crippen molar-refractivity contribution in [2.24, 2.45) is 11.8 Å². The summed E-state index contributed by atoms with van der Waals surface area (Å²) in [5.41, 5.74) is 0. The quantitative estimate of drug-likeness (QED) is 0.660. The van der Waals surface area contributed by atoms with Gasteiger partial charge < -0.3 is 5.32 Å². The highest BCUT2D eigenvalue weighted by Gasteiger charge is 2.24. The van der Waals surface area contributed by atoms with Crippen LogP contribution >= 0.6 is 0 Å². The Kier molecular flexibility index (Phi) is 3.38. The van der Waals surface area contributed by atoms with E-state index in [1.165, 1.54) is 25.7 Å². The molecule has 1 heteroatoms. The van der Waals surface area contributed by atoms with Crippen LogP contribution in [0.3, 0.4) is 0 Å². The van der Waals surface area contributed by atoms with Crippen LogP contribution in [0.2, 0.25) is 0 Å². The summed E-state index contributed by atoms with van der Waals surface area (Å²) >= 11 is 0. The van der Waals surface area contributed by atoms with Gasteiger partial charge in [-0.1, -0.05) is 32.6 Å². The lowest BCUT2D eigenvalue weighted by Gasteiger charge is -2.25. The molecule has 0 aliphatic heterocycles. The molecule has 1 aliphatic carbocycles. The van der Waals surface area contributed by atoms with Crippen molar-refractivity contribution < 1.29 is 0 Å². The first-order valence-electron chi connectivity index (χ1n) is 4.93. The molecular formula is C10H21N. The summed E-state index contributed by atoms with van der Waals surface area (Å²) in [5, 5.41) is 3.34. The van der Waals surface area contributed by atoms with Crippen LogP contribution in [0.4, 0.5) is 0 Å². The summed E-state index contributed by atoms with van der Waals surface area (Å²) in [7, 11) is 2.07. The topological polar surface area (TPSA) is 12.0 Å². The van der Waals surface area contributed by atoms with E-state index in [9.17, 15) is 0 Å². The Bertz CT molecular complexity index is 105. The standard InChI is InChI=1S/C10H21N/c1-8(9(2)11-3)10-6-4-5-7-10/h8-11H,4-7H2,1-3H3. The second-order valence-electron chi connectivity index (χ2n) is 3.98. The van der Waals surface area contributed by atoms with Crippen LogP contribution in [0, 0.1) is 11.8 Å². The van der Waals surface area contributed by atoms with Crippen LogP contribution in [0.1, 0.15) is 39.5 Å². The monoisotopic (exact) mass is 155 g/mol. The maximum absolute atomic E-state index is 3.34. The van der Waals surface area contributed by atoms with Gasteiger partial charge >= 0.3 is 0 Å². The van der Waals surface area contributed by atoms with E-state index in [0.29, 0.717) is 6.04 Å². The molecule has 1 nitrogen and oxygen atoms in total. The zero-order chi connectivity index (χ0) is 8.27. The number of hydrogen-bond donors (Lipinski definition) is 1. The van der Waals surface area contributed by atoms with Gasteiger partial charge in [-0.25, -0.2) is 0 Å². The summed E-state index contributed by atoms with van der Waals surface area (Å²) in [5.74, 6) is 1.86. The van der Waals surface area contributed by atoms with Gasteiger partial charge in [0.05, 0.1) is 0 Å². The van der Waals surface area contributed by atoms with Gasteiger partial charge in [0.15, 0.2) is 0 Å². The predicted molar refractivity (Wildman–Crippen MR) is 49.6 cm³/mol. The van der Waals surface area contributed by atoms with E-state index in [1.54, 1.807) is 0 Å². The van der Waals surface area contributed by atoms with Crippen molar-refractivity contribution in [2.45, 2.75) is 45.6 Å². The molecule has 11 heavy (non-hydrogen) atoms. The Morgan fingerprint density at radius 3 is 2.18 bits per heavy atom. The molecule has 0 amide bonds. The van der Waals surface area contributed by atoms with Crippen molar-refractivity contribution in [2.75, 3.05) is 7.05 Å². The van der Waals surface area contributed by atoms with E-state index in [-0.39, 0.29) is 0 Å². The second kappa shape index (κ2) is 4.10. The molecular weight excluding hydrogens is 134 g/mol. The van der Waals surface area contributed by atoms with Crippen molar-refractivity contribution in [1.82, 2.24) is 5.32 Å². The number of hydrogen-bond acceptors (Lipinski definition) is 1. The third-order valence-corrected chi connectivity index (χ3v) is 3.39. The highest BCUT2D eigenvalue weighted by molar-refractivity contribution is 4.78. The molecule has 1 aliphatic rings. The summed E-state index contributed by atoms with van der Waals surface area (Å²) in [6.45, 7) is 4.68. The third kappa shape index (κ3) is 2.19. The van der Waals surface area contributed by atoms with E-state index in [2.05, 4.69) is 26.2 Å². The van der Waals surface area contributed by atoms with E-state index in [1.807, 2.05) is 0 Å². The predicted octanol–water partition coefficient (Wildman–Crippen LogP) is 2.42. The fourth-order valence-electron chi connectivity index (χ4n) is 2.15. The summed E-state index contributed by atoms with van der Waals surface area (Å²) in [6, 6.07) is 0.693. The van der Waals surface area contributed by atoms with Gasteiger partial charge in [-0.3, -0.25) is 0 Å². The Balaban J connectivity index is 2.32. The Labute approximate surface area is 70.6 Å². The van der Waals surface area contributed by atoms with E-state index in [4.69, 9.17) is 0 Å². The molecule has 2 unspecified atom stereocenters. The zero-order valence-electron chi connectivity index (χ0n) is 8.06. The van der Waals surface area contributed by atoms with Crippen LogP contribution in [0.5, 0.6) is 0 Å². The van der Waals surface area contributed by atoms with Gasteiger partial charge in [-0.2, -0.15) is 0 Å². The molecule has 0 saturated heterocycles. The minimum absolute atomic E-state index is 0.693. The Morgan fingerprint density at radius 1 is 1.18 bits per heavy atom. The van der Waals surface area contributed by atoms with Crippen molar-refractivity contribution >= 4 is 0 Å². The smallest absolute Gasteiger partial charge is 0.00640 e. The minimum atomic E-state index is 0.693. The molecule has 0 bridgehead atoms. The Hall–Kier alpha value is -0.0400. The molecule has 0 aromatic rings. The van der Waals surface area contributed by atoms with Crippen molar-refractivity contribution in [3.63, 3.8) is 0 Å². The van der Waals surface area contributed by atoms with Crippen LogP contribution in [0.25, 0.3) is 0 Å². The van der Waals surface area contributed by atoms with Gasteiger partial charge in [-0.05, 0) is 25.8 Å². The lowest BCUT2D eigenvalue weighted by Crippen LogP contribution is -2.32. The first kappa shape index (κ1) is 9.05. The van der Waals surface area contributed by atoms with Crippen molar-refractivity contribution in [3.05, 3.63) is 0 Å². The van der Waals surface area contributed by atoms with Gasteiger partial charge in [0, 0.05) is 6.04 Å². The fraction of sp³-hybridized carbons (Fsp3) is 1.00. The lowest BCUT2D eigenvalue weighted by atomic mass is 9.87. The number of nitrogens with one attached hydrogen (secondary N) is 1. The first-order valence-corrected chi connectivity index (χ1v) is 4.93. The largest absolute Gasteiger partial charge is 0.317 e. The van der Waals surface area contributed by atoms with E-state index < -0.39 is 0 Å². The lowest BCUT2D eigenvalue weighted by molar-refractivity contribution is 0.295. The molecule has 1 fully saturated rings. The van der Waals surface area contributed by atoms with Crippen LogP contribution in [-0.2, 0) is 0 Å². The van der Waals surface area contributed by atoms with Crippen LogP contribution in [0.15, 0.2) is 0 Å². The highest BCUT2D eigenvalue weighted by atomic mass is 14.9. The minimum Gasteiger partial charge on any atom is -0.317 e. The maximum Gasteiger partial charge on any atom is 0.00640 e. The average molecular weight is 155 g/mol. The van der Waals surface area contributed by atoms with Crippen LogP contribution in [-0.4, -0.2) is 13.1 Å². The SMILES string of the molecule is CNC(C)C(C)C1CCCC1. The van der Waals surface area contributed by atoms with E-state index in [0.717, 1.165) is 11.8 Å². The normalized spacial score (nSPS) is 25.4. The number of rotatable bonds is 3. The summed E-state index contributed by atoms with van der Waals surface area (Å²) < 4.78 is 0. The van der Waals surface area contributed by atoms with Crippen molar-refractivity contribution in [3.8, 4) is 0 Å². The van der Waals surface area contributed by atoms with Crippen LogP contribution < -0.4 is 5.32 Å². The maximum atomic E-state index is 3.34. The van der Waals surface area contributed by atoms with Gasteiger partial charge in [-0.15, -0.1) is 0 Å². The molecule has 0 aromatic carbocycles. The molecule has 2 atom stereocenters. The zero-order valence-corrected chi connectivity index (χ0v) is 8.06. The third-order valence-electron chi connectivity index (χ3n) is 3.39. The summed E-state index contributed by atoms with van der Waals surface area (Å²) in [4.78, 5) is 0. The average Bonchev–Trinajstić information content (AvgIpc) is 2.53. The first-order chi connectivity index (χ1) is 5.25. The van der Waals surface area contributed by atoms with E-state index >= 15 is 0 Å². The molecule has 1 N–H and O–H groups in total. The van der Waals surface area contributed by atoms with Gasteiger partial charge in [0.2, 0.25) is 0 Å². The molecule has 1 rings (SSSR count). The van der Waals surface area contributed by atoms with Crippen molar-refractivity contribution in [1.29, 1.82) is 0 Å². The molecule has 0 radical (unpaired) electrons.